The third-order valence-corrected chi connectivity index (χ3v) is 4.38. The molecule has 1 aromatic rings. The number of hydrogen-bond acceptors (Lipinski definition) is 5. The first kappa shape index (κ1) is 15.6. The molecule has 0 aliphatic rings. The highest BCUT2D eigenvalue weighted by Gasteiger charge is 2.26. The summed E-state index contributed by atoms with van der Waals surface area (Å²) in [5.41, 5.74) is 0. The molecule has 19 heavy (non-hydrogen) atoms. The number of aromatic nitrogens is 2. The Morgan fingerprint density at radius 2 is 2.26 bits per heavy atom. The summed E-state index contributed by atoms with van der Waals surface area (Å²) in [6, 6.07) is 1.94. The van der Waals surface area contributed by atoms with Crippen molar-refractivity contribution in [3.05, 3.63) is 12.5 Å². The molecule has 1 heterocycles. The molecule has 0 spiro atoms. The molecular formula is C11H18N4O3S. The summed E-state index contributed by atoms with van der Waals surface area (Å²) in [5.74, 6) is 0. The number of nitriles is 1. The van der Waals surface area contributed by atoms with Crippen molar-refractivity contribution >= 4 is 10.0 Å². The second kappa shape index (κ2) is 7.23. The summed E-state index contributed by atoms with van der Waals surface area (Å²) in [5, 5.41) is 8.60. The summed E-state index contributed by atoms with van der Waals surface area (Å²) in [4.78, 5) is 3.91. The molecule has 8 heteroatoms. The zero-order valence-corrected chi connectivity index (χ0v) is 11.9. The van der Waals surface area contributed by atoms with Crippen LogP contribution in [-0.2, 0) is 21.3 Å². The van der Waals surface area contributed by atoms with Crippen molar-refractivity contribution in [2.24, 2.45) is 0 Å². The zero-order chi connectivity index (χ0) is 14.3. The second-order valence-corrected chi connectivity index (χ2v) is 5.73. The summed E-state index contributed by atoms with van der Waals surface area (Å²) in [6.45, 7) is 3.18. The average molecular weight is 286 g/mol. The Hall–Kier alpha value is -1.43. The summed E-state index contributed by atoms with van der Waals surface area (Å²) >= 11 is 0. The van der Waals surface area contributed by atoms with Gasteiger partial charge in [-0.3, -0.25) is 0 Å². The van der Waals surface area contributed by atoms with E-state index in [-0.39, 0.29) is 31.1 Å². The van der Waals surface area contributed by atoms with Gasteiger partial charge in [0.05, 0.1) is 19.0 Å². The van der Waals surface area contributed by atoms with Crippen molar-refractivity contribution in [3.8, 4) is 6.07 Å². The first-order chi connectivity index (χ1) is 9.06. The van der Waals surface area contributed by atoms with Crippen molar-refractivity contribution in [3.63, 3.8) is 0 Å². The lowest BCUT2D eigenvalue weighted by molar-refractivity contribution is 0.179. The van der Waals surface area contributed by atoms with Crippen LogP contribution >= 0.6 is 0 Å². The van der Waals surface area contributed by atoms with E-state index in [4.69, 9.17) is 10.00 Å². The van der Waals surface area contributed by atoms with Gasteiger partial charge < -0.3 is 9.30 Å². The molecule has 0 aliphatic carbocycles. The maximum absolute atomic E-state index is 12.4. The molecule has 0 amide bonds. The Labute approximate surface area is 113 Å². The third kappa shape index (κ3) is 4.02. The van der Waals surface area contributed by atoms with Crippen LogP contribution in [0.15, 0.2) is 17.6 Å². The Morgan fingerprint density at radius 1 is 1.53 bits per heavy atom. The molecule has 0 aliphatic heterocycles. The van der Waals surface area contributed by atoms with E-state index in [0.717, 1.165) is 0 Å². The van der Waals surface area contributed by atoms with Crippen LogP contribution in [0.1, 0.15) is 13.3 Å². The fourth-order valence-corrected chi connectivity index (χ4v) is 2.86. The van der Waals surface area contributed by atoms with Crippen molar-refractivity contribution in [2.75, 3.05) is 26.8 Å². The average Bonchev–Trinajstić information content (AvgIpc) is 2.88. The fraction of sp³-hybridized carbons (Fsp3) is 0.636. The maximum Gasteiger partial charge on any atom is 0.262 e. The third-order valence-electron chi connectivity index (χ3n) is 2.60. The van der Waals surface area contributed by atoms with Crippen LogP contribution in [0, 0.1) is 11.3 Å². The number of aryl methyl sites for hydroxylation is 1. The van der Waals surface area contributed by atoms with Gasteiger partial charge in [-0.2, -0.15) is 9.57 Å². The Balaban J connectivity index is 2.94. The van der Waals surface area contributed by atoms with E-state index in [2.05, 4.69) is 4.98 Å². The van der Waals surface area contributed by atoms with Gasteiger partial charge >= 0.3 is 0 Å². The molecule has 0 saturated heterocycles. The van der Waals surface area contributed by atoms with Crippen LogP contribution in [0.4, 0.5) is 0 Å². The molecule has 0 fully saturated rings. The van der Waals surface area contributed by atoms with Gasteiger partial charge in [0.15, 0.2) is 5.03 Å². The number of sulfonamides is 1. The highest BCUT2D eigenvalue weighted by Crippen LogP contribution is 2.13. The predicted molar refractivity (Wildman–Crippen MR) is 68.8 cm³/mol. The van der Waals surface area contributed by atoms with Crippen LogP contribution in [0.3, 0.4) is 0 Å². The highest BCUT2D eigenvalue weighted by molar-refractivity contribution is 7.89. The van der Waals surface area contributed by atoms with E-state index in [1.54, 1.807) is 4.57 Å². The first-order valence-electron chi connectivity index (χ1n) is 5.94. The predicted octanol–water partition coefficient (Wildman–Crippen LogP) is 0.454. The number of ether oxygens (including phenoxy) is 1. The van der Waals surface area contributed by atoms with Crippen LogP contribution in [0.25, 0.3) is 0 Å². The largest absolute Gasteiger partial charge is 0.383 e. The smallest absolute Gasteiger partial charge is 0.262 e. The van der Waals surface area contributed by atoms with Gasteiger partial charge in [0.25, 0.3) is 10.0 Å². The molecule has 0 saturated carbocycles. The van der Waals surface area contributed by atoms with E-state index < -0.39 is 10.0 Å². The van der Waals surface area contributed by atoms with Crippen LogP contribution in [-0.4, -0.2) is 49.1 Å². The first-order valence-corrected chi connectivity index (χ1v) is 7.38. The number of methoxy groups -OCH3 is 1. The number of rotatable bonds is 8. The van der Waals surface area contributed by atoms with Crippen molar-refractivity contribution in [2.45, 2.75) is 24.9 Å². The van der Waals surface area contributed by atoms with Gasteiger partial charge in [-0.15, -0.1) is 0 Å². The van der Waals surface area contributed by atoms with Gasteiger partial charge in [0.2, 0.25) is 0 Å². The van der Waals surface area contributed by atoms with Gasteiger partial charge in [0, 0.05) is 39.4 Å². The quantitative estimate of drug-likeness (QED) is 0.692. The molecular weight excluding hydrogens is 268 g/mol. The van der Waals surface area contributed by atoms with Crippen LogP contribution in [0.2, 0.25) is 0 Å². The summed E-state index contributed by atoms with van der Waals surface area (Å²) < 4.78 is 32.5. The Bertz CT molecular complexity index is 532. The minimum absolute atomic E-state index is 0.00314. The molecule has 0 unspecified atom stereocenters. The number of imidazole rings is 1. The second-order valence-electron chi connectivity index (χ2n) is 3.85. The topological polar surface area (TPSA) is 88.2 Å². The molecule has 0 aromatic carbocycles. The van der Waals surface area contributed by atoms with Crippen molar-refractivity contribution in [1.82, 2.24) is 13.9 Å². The molecule has 1 rings (SSSR count). The van der Waals surface area contributed by atoms with E-state index in [9.17, 15) is 8.42 Å². The summed E-state index contributed by atoms with van der Waals surface area (Å²) in [7, 11) is -2.16. The van der Waals surface area contributed by atoms with Gasteiger partial charge in [-0.05, 0) is 6.92 Å². The summed E-state index contributed by atoms with van der Waals surface area (Å²) in [6.07, 6.45) is 3.10. The zero-order valence-electron chi connectivity index (χ0n) is 11.1. The van der Waals surface area contributed by atoms with E-state index in [0.29, 0.717) is 6.54 Å². The number of hydrogen-bond donors (Lipinski definition) is 0. The SMILES string of the molecule is CCn1cnc(S(=O)(=O)N(CCC#N)CCOC)c1. The minimum atomic E-state index is -3.66. The van der Waals surface area contributed by atoms with Gasteiger partial charge in [-0.1, -0.05) is 0 Å². The Morgan fingerprint density at radius 3 is 2.79 bits per heavy atom. The lowest BCUT2D eigenvalue weighted by Gasteiger charge is -2.19. The van der Waals surface area contributed by atoms with Crippen LogP contribution < -0.4 is 0 Å². The monoisotopic (exact) mass is 286 g/mol. The van der Waals surface area contributed by atoms with E-state index in [1.807, 2.05) is 13.0 Å². The minimum Gasteiger partial charge on any atom is -0.383 e. The van der Waals surface area contributed by atoms with Crippen LogP contribution in [0.5, 0.6) is 0 Å². The maximum atomic E-state index is 12.4. The van der Waals surface area contributed by atoms with Gasteiger partial charge in [0.1, 0.15) is 0 Å². The van der Waals surface area contributed by atoms with E-state index in [1.165, 1.54) is 23.9 Å². The molecule has 0 radical (unpaired) electrons. The standard InChI is InChI=1S/C11H18N4O3S/c1-3-14-9-11(13-10-14)19(16,17)15(6-4-5-12)7-8-18-2/h9-10H,3-4,6-8H2,1-2H3. The lowest BCUT2D eigenvalue weighted by Crippen LogP contribution is -2.35. The molecule has 0 N–H and O–H groups in total. The molecule has 0 atom stereocenters. The van der Waals surface area contributed by atoms with Gasteiger partial charge in [-0.25, -0.2) is 13.4 Å². The number of nitrogens with zero attached hydrogens (tertiary/aromatic N) is 4. The normalized spacial score (nSPS) is 11.7. The van der Waals surface area contributed by atoms with Crippen molar-refractivity contribution in [1.29, 1.82) is 5.26 Å². The highest BCUT2D eigenvalue weighted by atomic mass is 32.2. The molecule has 7 nitrogen and oxygen atoms in total. The Kier molecular flexibility index (Phi) is 5.95. The van der Waals surface area contributed by atoms with E-state index >= 15 is 0 Å². The molecule has 106 valence electrons. The molecule has 0 bridgehead atoms. The van der Waals surface area contributed by atoms with Crippen molar-refractivity contribution < 1.29 is 13.2 Å². The molecule has 1 aromatic heterocycles. The fourth-order valence-electron chi connectivity index (χ4n) is 1.50. The lowest BCUT2D eigenvalue weighted by atomic mass is 10.4.